The summed E-state index contributed by atoms with van der Waals surface area (Å²) in [5.41, 5.74) is 3.12. The zero-order valence-corrected chi connectivity index (χ0v) is 27.3. The van der Waals surface area contributed by atoms with Crippen LogP contribution in [0, 0.1) is 5.21 Å². The molecule has 2 atom stereocenters. The zero-order valence-electron chi connectivity index (χ0n) is 25.7. The summed E-state index contributed by atoms with van der Waals surface area (Å²) >= 11 is 8.00. The van der Waals surface area contributed by atoms with Crippen LogP contribution in [0.4, 0.5) is 0 Å². The van der Waals surface area contributed by atoms with E-state index >= 15 is 0 Å². The molecule has 2 heterocycles. The van der Waals surface area contributed by atoms with E-state index in [4.69, 9.17) is 25.8 Å². The summed E-state index contributed by atoms with van der Waals surface area (Å²) in [6.07, 6.45) is 2.99. The number of hydrogen-bond donors (Lipinski definition) is 0. The van der Waals surface area contributed by atoms with Crippen LogP contribution in [0.15, 0.2) is 65.6 Å². The summed E-state index contributed by atoms with van der Waals surface area (Å²) in [4.78, 5) is 5.37. The molecule has 0 amide bonds. The van der Waals surface area contributed by atoms with E-state index in [2.05, 4.69) is 28.0 Å². The van der Waals surface area contributed by atoms with E-state index in [0.717, 1.165) is 91.8 Å². The fourth-order valence-electron chi connectivity index (χ4n) is 5.99. The number of methoxy groups -OCH3 is 2. The lowest BCUT2D eigenvalue weighted by molar-refractivity contribution is 0.130. The first-order valence-electron chi connectivity index (χ1n) is 15.1. The molecule has 3 aromatic carbocycles. The van der Waals surface area contributed by atoms with Crippen molar-refractivity contribution in [2.45, 2.75) is 48.9 Å². The Morgan fingerprint density at radius 2 is 1.58 bits per heavy atom. The molecule has 0 N–H and O–H groups in total. The lowest BCUT2D eigenvalue weighted by Gasteiger charge is -2.53. The van der Waals surface area contributed by atoms with E-state index in [0.29, 0.717) is 11.6 Å². The number of unbranched alkanes of at least 4 members (excludes halogenated alkanes) is 1. The molecular formula is C34H43ClN3O4S-. The first kappa shape index (κ1) is 31.9. The van der Waals surface area contributed by atoms with Gasteiger partial charge in [0.1, 0.15) is 17.2 Å². The highest BCUT2D eigenvalue weighted by Gasteiger charge is 2.40. The molecule has 5 rings (SSSR count). The number of rotatable bonds is 12. The van der Waals surface area contributed by atoms with Crippen LogP contribution in [-0.4, -0.2) is 75.0 Å². The molecule has 0 radical (unpaired) electrons. The Hall–Kier alpha value is -2.46. The highest BCUT2D eigenvalue weighted by molar-refractivity contribution is 8.00. The van der Waals surface area contributed by atoms with Gasteiger partial charge in [0, 0.05) is 60.3 Å². The number of halogens is 1. The molecular weight excluding hydrogens is 582 g/mol. The van der Waals surface area contributed by atoms with Gasteiger partial charge in [0.05, 0.1) is 25.7 Å². The minimum atomic E-state index is -0.841. The van der Waals surface area contributed by atoms with Crippen LogP contribution in [0.5, 0.6) is 17.2 Å². The number of nitrogens with zero attached hydrogens (tertiary/aromatic N) is 3. The molecule has 2 unspecified atom stereocenters. The van der Waals surface area contributed by atoms with Gasteiger partial charge in [-0.1, -0.05) is 41.6 Å². The van der Waals surface area contributed by atoms with E-state index in [1.165, 1.54) is 10.6 Å². The molecule has 43 heavy (non-hydrogen) atoms. The molecule has 2 aliphatic heterocycles. The monoisotopic (exact) mass is 624 g/mol. The van der Waals surface area contributed by atoms with E-state index in [1.54, 1.807) is 26.0 Å². The SMILES string of the molecule is COc1cc(CCN2CCN(CCCCOc3ccc(Cl)cc3C3(C)Sc4ccccc4C(C)N3[O-])CC2)cc(OC)c1. The van der Waals surface area contributed by atoms with Crippen LogP contribution in [0.1, 0.15) is 49.4 Å². The summed E-state index contributed by atoms with van der Waals surface area (Å²) in [6, 6.07) is 19.6. The van der Waals surface area contributed by atoms with Gasteiger partial charge in [0.15, 0.2) is 0 Å². The molecule has 0 spiro atoms. The van der Waals surface area contributed by atoms with Crippen molar-refractivity contribution in [2.24, 2.45) is 0 Å². The molecule has 7 nitrogen and oxygen atoms in total. The maximum absolute atomic E-state index is 13.6. The zero-order chi connectivity index (χ0) is 30.4. The van der Waals surface area contributed by atoms with Gasteiger partial charge in [-0.3, -0.25) is 0 Å². The molecule has 0 saturated carbocycles. The molecule has 0 aliphatic carbocycles. The lowest BCUT2D eigenvalue weighted by Crippen LogP contribution is -2.47. The number of piperazine rings is 1. The largest absolute Gasteiger partial charge is 0.784 e. The summed E-state index contributed by atoms with van der Waals surface area (Å²) in [7, 11) is 3.38. The van der Waals surface area contributed by atoms with Crippen molar-refractivity contribution in [3.63, 3.8) is 0 Å². The van der Waals surface area contributed by atoms with Gasteiger partial charge >= 0.3 is 0 Å². The molecule has 232 valence electrons. The maximum Gasteiger partial charge on any atom is 0.125 e. The third kappa shape index (κ3) is 7.62. The molecule has 0 bridgehead atoms. The first-order valence-corrected chi connectivity index (χ1v) is 16.3. The average Bonchev–Trinajstić information content (AvgIpc) is 3.03. The second-order valence-electron chi connectivity index (χ2n) is 11.5. The lowest BCUT2D eigenvalue weighted by atomic mass is 10.0. The Kier molecular flexibility index (Phi) is 10.8. The van der Waals surface area contributed by atoms with Crippen molar-refractivity contribution in [3.8, 4) is 17.2 Å². The molecule has 1 saturated heterocycles. The van der Waals surface area contributed by atoms with Crippen molar-refractivity contribution in [1.29, 1.82) is 0 Å². The van der Waals surface area contributed by atoms with Gasteiger partial charge in [-0.2, -0.15) is 0 Å². The fraction of sp³-hybridized carbons (Fsp3) is 0.471. The van der Waals surface area contributed by atoms with Gasteiger partial charge in [-0.15, -0.1) is 0 Å². The van der Waals surface area contributed by atoms with Crippen LogP contribution in [0.2, 0.25) is 5.02 Å². The Bertz CT molecular complexity index is 1350. The Balaban J connectivity index is 1.08. The van der Waals surface area contributed by atoms with Crippen LogP contribution < -0.4 is 14.2 Å². The van der Waals surface area contributed by atoms with Crippen molar-refractivity contribution in [2.75, 3.05) is 60.1 Å². The Labute approximate surface area is 265 Å². The number of fused-ring (bicyclic) bond motifs is 1. The van der Waals surface area contributed by atoms with Crippen molar-refractivity contribution >= 4 is 23.4 Å². The number of hydroxylamine groups is 2. The quantitative estimate of drug-likeness (QED) is 0.196. The van der Waals surface area contributed by atoms with E-state index < -0.39 is 4.87 Å². The van der Waals surface area contributed by atoms with Gasteiger partial charge < -0.3 is 34.3 Å². The van der Waals surface area contributed by atoms with Gasteiger partial charge in [0.25, 0.3) is 0 Å². The van der Waals surface area contributed by atoms with E-state index in [-0.39, 0.29) is 6.04 Å². The van der Waals surface area contributed by atoms with E-state index in [9.17, 15) is 5.21 Å². The predicted molar refractivity (Wildman–Crippen MR) is 176 cm³/mol. The standard InChI is InChI=1S/C34H43ClN3O4S/c1-25-30-9-5-6-10-33(30)43-34(2,38(25)39)31-23-27(35)11-12-32(31)42-20-8-7-14-36-16-18-37(19-17-36)15-13-26-21-28(40-3)24-29(22-26)41-4/h5-6,9-12,21-25H,7-8,13-20H2,1-4H3/q-1. The Morgan fingerprint density at radius 1 is 0.907 bits per heavy atom. The minimum Gasteiger partial charge on any atom is -0.784 e. The average molecular weight is 625 g/mol. The predicted octanol–water partition coefficient (Wildman–Crippen LogP) is 7.22. The third-order valence-electron chi connectivity index (χ3n) is 8.61. The summed E-state index contributed by atoms with van der Waals surface area (Å²) in [6.45, 7) is 11.0. The van der Waals surface area contributed by atoms with Crippen LogP contribution in [-0.2, 0) is 11.3 Å². The normalized spacial score (nSPS) is 21.4. The molecule has 2 aliphatic rings. The van der Waals surface area contributed by atoms with Crippen molar-refractivity contribution in [1.82, 2.24) is 14.9 Å². The van der Waals surface area contributed by atoms with E-state index in [1.807, 2.05) is 56.3 Å². The third-order valence-corrected chi connectivity index (χ3v) is 10.2. The van der Waals surface area contributed by atoms with Crippen LogP contribution in [0.25, 0.3) is 0 Å². The number of thioether (sulfide) groups is 1. The van der Waals surface area contributed by atoms with Gasteiger partial charge in [-0.05, 0) is 87.2 Å². The Morgan fingerprint density at radius 3 is 2.28 bits per heavy atom. The number of ether oxygens (including phenoxy) is 3. The molecule has 3 aromatic rings. The van der Waals surface area contributed by atoms with Crippen LogP contribution >= 0.6 is 23.4 Å². The first-order chi connectivity index (χ1) is 20.8. The maximum atomic E-state index is 13.6. The number of benzene rings is 3. The molecule has 0 aromatic heterocycles. The topological polar surface area (TPSA) is 60.5 Å². The highest BCUT2D eigenvalue weighted by atomic mass is 35.5. The second-order valence-corrected chi connectivity index (χ2v) is 13.4. The van der Waals surface area contributed by atoms with Crippen LogP contribution in [0.3, 0.4) is 0 Å². The van der Waals surface area contributed by atoms with Crippen molar-refractivity contribution < 1.29 is 14.2 Å². The van der Waals surface area contributed by atoms with Crippen molar-refractivity contribution in [3.05, 3.63) is 87.6 Å². The molecule has 9 heteroatoms. The molecule has 1 fully saturated rings. The fourth-order valence-corrected chi connectivity index (χ4v) is 7.61. The van der Waals surface area contributed by atoms with Gasteiger partial charge in [0.2, 0.25) is 0 Å². The smallest absolute Gasteiger partial charge is 0.125 e. The highest BCUT2D eigenvalue weighted by Crippen LogP contribution is 2.55. The second kappa shape index (κ2) is 14.5. The minimum absolute atomic E-state index is 0.264. The van der Waals surface area contributed by atoms with Gasteiger partial charge in [-0.25, -0.2) is 0 Å². The summed E-state index contributed by atoms with van der Waals surface area (Å²) < 4.78 is 17.1. The summed E-state index contributed by atoms with van der Waals surface area (Å²) in [5, 5.41) is 15.4. The number of hydrogen-bond acceptors (Lipinski definition) is 8. The summed E-state index contributed by atoms with van der Waals surface area (Å²) in [5.74, 6) is 2.41.